The molecular weight excluding hydrogens is 242 g/mol. The smallest absolute Gasteiger partial charge is 0.227 e. The lowest BCUT2D eigenvalue weighted by Gasteiger charge is -2.34. The molecule has 3 N–H and O–H groups in total. The van der Waals surface area contributed by atoms with E-state index in [1.807, 2.05) is 18.7 Å². The Morgan fingerprint density at radius 1 is 1.21 bits per heavy atom. The quantitative estimate of drug-likeness (QED) is 0.778. The van der Waals surface area contributed by atoms with E-state index < -0.39 is 5.41 Å². The van der Waals surface area contributed by atoms with Gasteiger partial charge in [0.25, 0.3) is 0 Å². The SMILES string of the molecule is CC(C)(CN)C(=O)NC1CCN(C(=O)C2CC2)CC1. The van der Waals surface area contributed by atoms with Gasteiger partial charge in [-0.3, -0.25) is 9.59 Å². The van der Waals surface area contributed by atoms with Gasteiger partial charge in [-0.2, -0.15) is 0 Å². The van der Waals surface area contributed by atoms with Gasteiger partial charge in [-0.25, -0.2) is 0 Å². The van der Waals surface area contributed by atoms with Gasteiger partial charge in [0.1, 0.15) is 0 Å². The van der Waals surface area contributed by atoms with E-state index in [4.69, 9.17) is 5.73 Å². The Balaban J connectivity index is 1.77. The summed E-state index contributed by atoms with van der Waals surface area (Å²) in [4.78, 5) is 25.9. The molecule has 5 heteroatoms. The van der Waals surface area contributed by atoms with E-state index in [0.717, 1.165) is 38.8 Å². The predicted octanol–water partition coefficient (Wildman–Crippen LogP) is 0.489. The van der Waals surface area contributed by atoms with E-state index in [0.29, 0.717) is 18.4 Å². The zero-order valence-electron chi connectivity index (χ0n) is 11.9. The van der Waals surface area contributed by atoms with Crippen molar-refractivity contribution in [3.63, 3.8) is 0 Å². The molecule has 1 saturated heterocycles. The monoisotopic (exact) mass is 267 g/mol. The number of nitrogens with one attached hydrogen (secondary N) is 1. The second-order valence-corrected chi connectivity index (χ2v) is 6.44. The van der Waals surface area contributed by atoms with Gasteiger partial charge in [-0.1, -0.05) is 0 Å². The molecule has 2 rings (SSSR count). The lowest BCUT2D eigenvalue weighted by molar-refractivity contribution is -0.134. The van der Waals surface area contributed by atoms with Crippen LogP contribution in [0.1, 0.15) is 39.5 Å². The summed E-state index contributed by atoms with van der Waals surface area (Å²) in [6, 6.07) is 0.182. The number of likely N-dealkylation sites (tertiary alicyclic amines) is 1. The highest BCUT2D eigenvalue weighted by atomic mass is 16.2. The van der Waals surface area contributed by atoms with Crippen molar-refractivity contribution in [2.75, 3.05) is 19.6 Å². The van der Waals surface area contributed by atoms with Crippen molar-refractivity contribution < 1.29 is 9.59 Å². The van der Waals surface area contributed by atoms with Crippen molar-refractivity contribution in [2.45, 2.75) is 45.6 Å². The van der Waals surface area contributed by atoms with Crippen LogP contribution in [0.15, 0.2) is 0 Å². The first kappa shape index (κ1) is 14.3. The summed E-state index contributed by atoms with van der Waals surface area (Å²) in [6.07, 6.45) is 3.82. The summed E-state index contributed by atoms with van der Waals surface area (Å²) in [5.41, 5.74) is 5.09. The highest BCUT2D eigenvalue weighted by molar-refractivity contribution is 5.82. The minimum absolute atomic E-state index is 0.0157. The minimum atomic E-state index is -0.513. The average molecular weight is 267 g/mol. The first-order chi connectivity index (χ1) is 8.94. The third-order valence-corrected chi connectivity index (χ3v) is 4.19. The number of rotatable bonds is 4. The molecule has 1 aliphatic carbocycles. The third-order valence-electron chi connectivity index (χ3n) is 4.19. The fourth-order valence-corrected chi connectivity index (χ4v) is 2.31. The number of carbonyl (C=O) groups excluding carboxylic acids is 2. The van der Waals surface area contributed by atoms with Gasteiger partial charge in [0.2, 0.25) is 11.8 Å². The second kappa shape index (κ2) is 5.49. The van der Waals surface area contributed by atoms with Crippen molar-refractivity contribution in [3.05, 3.63) is 0 Å². The summed E-state index contributed by atoms with van der Waals surface area (Å²) in [5.74, 6) is 0.622. The van der Waals surface area contributed by atoms with E-state index >= 15 is 0 Å². The Hall–Kier alpha value is -1.10. The molecule has 1 saturated carbocycles. The van der Waals surface area contributed by atoms with Crippen molar-refractivity contribution >= 4 is 11.8 Å². The highest BCUT2D eigenvalue weighted by Gasteiger charge is 2.35. The minimum Gasteiger partial charge on any atom is -0.353 e. The van der Waals surface area contributed by atoms with Gasteiger partial charge < -0.3 is 16.0 Å². The Morgan fingerprint density at radius 3 is 2.26 bits per heavy atom. The molecule has 0 aromatic carbocycles. The van der Waals surface area contributed by atoms with E-state index in [2.05, 4.69) is 5.32 Å². The van der Waals surface area contributed by atoms with Crippen molar-refractivity contribution in [3.8, 4) is 0 Å². The predicted molar refractivity (Wildman–Crippen MR) is 73.3 cm³/mol. The fraction of sp³-hybridized carbons (Fsp3) is 0.857. The van der Waals surface area contributed by atoms with Crippen LogP contribution in [0.2, 0.25) is 0 Å². The first-order valence-electron chi connectivity index (χ1n) is 7.24. The Morgan fingerprint density at radius 2 is 1.79 bits per heavy atom. The molecule has 0 aromatic heterocycles. The van der Waals surface area contributed by atoms with Crippen LogP contribution in [-0.2, 0) is 9.59 Å². The molecule has 5 nitrogen and oxygen atoms in total. The maximum absolute atomic E-state index is 12.0. The van der Waals surface area contributed by atoms with E-state index in [9.17, 15) is 9.59 Å². The van der Waals surface area contributed by atoms with Crippen molar-refractivity contribution in [1.29, 1.82) is 0 Å². The molecule has 108 valence electrons. The molecule has 0 radical (unpaired) electrons. The number of piperidine rings is 1. The lowest BCUT2D eigenvalue weighted by Crippen LogP contribution is -2.51. The van der Waals surface area contributed by atoms with Crippen molar-refractivity contribution in [1.82, 2.24) is 10.2 Å². The van der Waals surface area contributed by atoms with Crippen LogP contribution in [-0.4, -0.2) is 42.4 Å². The summed E-state index contributed by atoms with van der Waals surface area (Å²) < 4.78 is 0. The van der Waals surface area contributed by atoms with Gasteiger partial charge in [0, 0.05) is 31.6 Å². The van der Waals surface area contributed by atoms with Crippen LogP contribution in [0.3, 0.4) is 0 Å². The summed E-state index contributed by atoms with van der Waals surface area (Å²) >= 11 is 0. The summed E-state index contributed by atoms with van der Waals surface area (Å²) in [5, 5.41) is 3.06. The molecule has 0 bridgehead atoms. The lowest BCUT2D eigenvalue weighted by atomic mass is 9.91. The highest BCUT2D eigenvalue weighted by Crippen LogP contribution is 2.31. The molecule has 1 aliphatic heterocycles. The zero-order chi connectivity index (χ0) is 14.0. The van der Waals surface area contributed by atoms with Crippen LogP contribution in [0.5, 0.6) is 0 Å². The molecule has 0 atom stereocenters. The average Bonchev–Trinajstić information content (AvgIpc) is 3.23. The zero-order valence-corrected chi connectivity index (χ0v) is 11.9. The van der Waals surface area contributed by atoms with Crippen LogP contribution in [0.25, 0.3) is 0 Å². The number of nitrogens with two attached hydrogens (primary N) is 1. The second-order valence-electron chi connectivity index (χ2n) is 6.44. The molecule has 2 aliphatic rings. The molecule has 2 fully saturated rings. The summed E-state index contributed by atoms with van der Waals surface area (Å²) in [6.45, 7) is 5.59. The number of carbonyl (C=O) groups is 2. The normalized spacial score (nSPS) is 21.3. The van der Waals surface area contributed by atoms with E-state index in [1.165, 1.54) is 0 Å². The molecule has 0 spiro atoms. The van der Waals surface area contributed by atoms with E-state index in [1.54, 1.807) is 0 Å². The first-order valence-corrected chi connectivity index (χ1v) is 7.24. The molecule has 0 unspecified atom stereocenters. The number of hydrogen-bond acceptors (Lipinski definition) is 3. The molecule has 0 aromatic rings. The number of hydrogen-bond donors (Lipinski definition) is 2. The van der Waals surface area contributed by atoms with E-state index in [-0.39, 0.29) is 11.9 Å². The summed E-state index contributed by atoms with van der Waals surface area (Å²) in [7, 11) is 0. The van der Waals surface area contributed by atoms with Gasteiger partial charge in [0.15, 0.2) is 0 Å². The Kier molecular flexibility index (Phi) is 4.13. The number of nitrogens with zero attached hydrogens (tertiary/aromatic N) is 1. The van der Waals surface area contributed by atoms with Crippen molar-refractivity contribution in [2.24, 2.45) is 17.1 Å². The Bertz CT molecular complexity index is 356. The molecule has 19 heavy (non-hydrogen) atoms. The van der Waals surface area contributed by atoms with Gasteiger partial charge >= 0.3 is 0 Å². The van der Waals surface area contributed by atoms with Gasteiger partial charge in [-0.05, 0) is 39.5 Å². The Labute approximate surface area is 114 Å². The van der Waals surface area contributed by atoms with Gasteiger partial charge in [-0.15, -0.1) is 0 Å². The molecule has 2 amide bonds. The fourth-order valence-electron chi connectivity index (χ4n) is 2.31. The third kappa shape index (κ3) is 3.47. The maximum atomic E-state index is 12.0. The standard InChI is InChI=1S/C14H25N3O2/c1-14(2,9-15)13(19)16-11-5-7-17(8-6-11)12(18)10-3-4-10/h10-11H,3-9,15H2,1-2H3,(H,16,19). The van der Waals surface area contributed by atoms with Crippen LogP contribution in [0.4, 0.5) is 0 Å². The molecule has 1 heterocycles. The topological polar surface area (TPSA) is 75.4 Å². The van der Waals surface area contributed by atoms with Crippen LogP contribution < -0.4 is 11.1 Å². The number of amides is 2. The largest absolute Gasteiger partial charge is 0.353 e. The van der Waals surface area contributed by atoms with Crippen LogP contribution in [0, 0.1) is 11.3 Å². The van der Waals surface area contributed by atoms with Gasteiger partial charge in [0.05, 0.1) is 5.41 Å². The molecular formula is C14H25N3O2. The maximum Gasteiger partial charge on any atom is 0.227 e. The van der Waals surface area contributed by atoms with Crippen LogP contribution >= 0.6 is 0 Å².